The zero-order valence-electron chi connectivity index (χ0n) is 11.9. The Balaban J connectivity index is 2.15. The molecule has 1 rings (SSSR count). The number of carbonyl (C=O) groups excluding carboxylic acids is 1. The Morgan fingerprint density at radius 2 is 2.17 bits per heavy atom. The summed E-state index contributed by atoms with van der Waals surface area (Å²) >= 11 is 0. The highest BCUT2D eigenvalue weighted by Crippen LogP contribution is 2.13. The molecule has 0 aromatic rings. The molecule has 1 saturated heterocycles. The summed E-state index contributed by atoms with van der Waals surface area (Å²) in [5.41, 5.74) is 0. The van der Waals surface area contributed by atoms with Crippen LogP contribution >= 0.6 is 0 Å². The summed E-state index contributed by atoms with van der Waals surface area (Å²) in [5, 5.41) is 3.14. The number of methoxy groups -OCH3 is 1. The summed E-state index contributed by atoms with van der Waals surface area (Å²) in [6.45, 7) is 4.91. The van der Waals surface area contributed by atoms with Crippen molar-refractivity contribution in [3.63, 3.8) is 0 Å². The van der Waals surface area contributed by atoms with Gasteiger partial charge in [0.05, 0.1) is 12.2 Å². The van der Waals surface area contributed by atoms with Crippen molar-refractivity contribution in [2.45, 2.75) is 70.6 Å². The molecule has 0 bridgehead atoms. The van der Waals surface area contributed by atoms with Gasteiger partial charge in [0.25, 0.3) is 0 Å². The lowest BCUT2D eigenvalue weighted by molar-refractivity contribution is -0.150. The first-order chi connectivity index (χ1) is 8.67. The summed E-state index contributed by atoms with van der Waals surface area (Å²) in [6, 6.07) is -0.187. The predicted molar refractivity (Wildman–Crippen MR) is 71.5 cm³/mol. The zero-order valence-corrected chi connectivity index (χ0v) is 11.9. The molecule has 106 valence electrons. The number of ether oxygens (including phenoxy) is 2. The normalized spacial score (nSPS) is 25.1. The average Bonchev–Trinajstić information content (AvgIpc) is 2.83. The molecule has 0 aliphatic carbocycles. The van der Waals surface area contributed by atoms with Crippen molar-refractivity contribution in [3.05, 3.63) is 0 Å². The van der Waals surface area contributed by atoms with Crippen LogP contribution in [0.25, 0.3) is 0 Å². The Kier molecular flexibility index (Phi) is 7.28. The molecule has 0 saturated carbocycles. The molecule has 1 heterocycles. The van der Waals surface area contributed by atoms with Crippen LogP contribution in [0.4, 0.5) is 0 Å². The predicted octanol–water partition coefficient (Wildman–Crippen LogP) is 2.27. The van der Waals surface area contributed by atoms with Crippen LogP contribution in [0.3, 0.4) is 0 Å². The molecule has 4 nitrogen and oxygen atoms in total. The third kappa shape index (κ3) is 5.36. The van der Waals surface area contributed by atoms with Crippen molar-refractivity contribution < 1.29 is 14.3 Å². The maximum absolute atomic E-state index is 11.9. The van der Waals surface area contributed by atoms with Crippen LogP contribution in [0.1, 0.15) is 52.4 Å². The maximum atomic E-state index is 11.9. The molecular formula is C14H27NO3. The van der Waals surface area contributed by atoms with Crippen LogP contribution in [-0.4, -0.2) is 37.9 Å². The van der Waals surface area contributed by atoms with Crippen LogP contribution in [-0.2, 0) is 14.3 Å². The minimum absolute atomic E-state index is 0.0257. The van der Waals surface area contributed by atoms with E-state index >= 15 is 0 Å². The summed E-state index contributed by atoms with van der Waals surface area (Å²) in [7, 11) is 1.68. The first kappa shape index (κ1) is 15.4. The van der Waals surface area contributed by atoms with Gasteiger partial charge in [0.2, 0.25) is 0 Å². The van der Waals surface area contributed by atoms with Crippen molar-refractivity contribution in [3.8, 4) is 0 Å². The van der Waals surface area contributed by atoms with Crippen molar-refractivity contribution in [1.82, 2.24) is 5.32 Å². The van der Waals surface area contributed by atoms with Gasteiger partial charge < -0.3 is 14.8 Å². The molecule has 3 atom stereocenters. The van der Waals surface area contributed by atoms with Crippen LogP contribution in [0, 0.1) is 0 Å². The first-order valence-electron chi connectivity index (χ1n) is 7.14. The molecule has 0 amide bonds. The lowest BCUT2D eigenvalue weighted by Gasteiger charge is -2.16. The Bertz CT molecular complexity index is 245. The highest BCUT2D eigenvalue weighted by Gasteiger charge is 2.31. The Labute approximate surface area is 110 Å². The molecule has 4 heteroatoms. The Morgan fingerprint density at radius 3 is 2.78 bits per heavy atom. The minimum atomic E-state index is -0.187. The highest BCUT2D eigenvalue weighted by atomic mass is 16.5. The van der Waals surface area contributed by atoms with Gasteiger partial charge in [-0.25, -0.2) is 0 Å². The number of esters is 1. The van der Waals surface area contributed by atoms with Gasteiger partial charge in [0, 0.05) is 20.1 Å². The fourth-order valence-corrected chi connectivity index (χ4v) is 2.26. The number of hydrogen-bond acceptors (Lipinski definition) is 4. The SMILES string of the molecule is CCCCCCC(C)OC(=O)C1CC(OC)CN1. The fraction of sp³-hybridized carbons (Fsp3) is 0.929. The third-order valence-corrected chi connectivity index (χ3v) is 3.49. The minimum Gasteiger partial charge on any atom is -0.462 e. The molecule has 0 aromatic heterocycles. The molecule has 0 radical (unpaired) electrons. The van der Waals surface area contributed by atoms with E-state index in [0.717, 1.165) is 25.8 Å². The second kappa shape index (κ2) is 8.48. The smallest absolute Gasteiger partial charge is 0.323 e. The number of hydrogen-bond donors (Lipinski definition) is 1. The second-order valence-corrected chi connectivity index (χ2v) is 5.15. The lowest BCUT2D eigenvalue weighted by Crippen LogP contribution is -2.34. The van der Waals surface area contributed by atoms with Crippen molar-refractivity contribution in [2.75, 3.05) is 13.7 Å². The maximum Gasteiger partial charge on any atom is 0.323 e. The van der Waals surface area contributed by atoms with Crippen LogP contribution in [0.2, 0.25) is 0 Å². The van der Waals surface area contributed by atoms with Crippen molar-refractivity contribution in [2.24, 2.45) is 0 Å². The van der Waals surface area contributed by atoms with Gasteiger partial charge in [-0.15, -0.1) is 0 Å². The van der Waals surface area contributed by atoms with E-state index in [0.29, 0.717) is 0 Å². The van der Waals surface area contributed by atoms with Gasteiger partial charge in [-0.1, -0.05) is 26.2 Å². The largest absolute Gasteiger partial charge is 0.462 e. The van der Waals surface area contributed by atoms with Crippen LogP contribution in [0.5, 0.6) is 0 Å². The Hall–Kier alpha value is -0.610. The quantitative estimate of drug-likeness (QED) is 0.535. The molecule has 1 aliphatic heterocycles. The number of unbranched alkanes of at least 4 members (excludes halogenated alkanes) is 3. The zero-order chi connectivity index (χ0) is 13.4. The van der Waals surface area contributed by atoms with Crippen LogP contribution in [0.15, 0.2) is 0 Å². The molecule has 1 fully saturated rings. The monoisotopic (exact) mass is 257 g/mol. The molecule has 0 aromatic carbocycles. The van der Waals surface area contributed by atoms with Crippen molar-refractivity contribution in [1.29, 1.82) is 0 Å². The second-order valence-electron chi connectivity index (χ2n) is 5.15. The van der Waals surface area contributed by atoms with Gasteiger partial charge >= 0.3 is 5.97 Å². The van der Waals surface area contributed by atoms with Gasteiger partial charge in [-0.05, 0) is 19.8 Å². The Morgan fingerprint density at radius 1 is 1.39 bits per heavy atom. The van der Waals surface area contributed by atoms with E-state index in [1.54, 1.807) is 7.11 Å². The van der Waals surface area contributed by atoms with Crippen LogP contribution < -0.4 is 5.32 Å². The van der Waals surface area contributed by atoms with E-state index in [4.69, 9.17) is 9.47 Å². The van der Waals surface area contributed by atoms with Gasteiger partial charge in [0.1, 0.15) is 6.04 Å². The number of nitrogens with one attached hydrogen (secondary N) is 1. The summed E-state index contributed by atoms with van der Waals surface area (Å²) in [5.74, 6) is -0.127. The van der Waals surface area contributed by atoms with Gasteiger partial charge in [-0.3, -0.25) is 4.79 Å². The summed E-state index contributed by atoms with van der Waals surface area (Å²) < 4.78 is 10.7. The molecular weight excluding hydrogens is 230 g/mol. The molecule has 1 N–H and O–H groups in total. The van der Waals surface area contributed by atoms with E-state index in [2.05, 4.69) is 12.2 Å². The molecule has 18 heavy (non-hydrogen) atoms. The molecule has 0 spiro atoms. The van der Waals surface area contributed by atoms with Crippen molar-refractivity contribution >= 4 is 5.97 Å². The van der Waals surface area contributed by atoms with E-state index < -0.39 is 0 Å². The standard InChI is InChI=1S/C14H27NO3/c1-4-5-6-7-8-11(2)18-14(16)13-9-12(17-3)10-15-13/h11-13,15H,4-10H2,1-3H3. The van der Waals surface area contributed by atoms with E-state index in [1.165, 1.54) is 19.3 Å². The lowest BCUT2D eigenvalue weighted by atomic mass is 10.1. The number of carbonyl (C=O) groups is 1. The molecule has 3 unspecified atom stereocenters. The third-order valence-electron chi connectivity index (χ3n) is 3.49. The van der Waals surface area contributed by atoms with E-state index in [9.17, 15) is 4.79 Å². The molecule has 1 aliphatic rings. The topological polar surface area (TPSA) is 47.6 Å². The van der Waals surface area contributed by atoms with Gasteiger partial charge in [-0.2, -0.15) is 0 Å². The first-order valence-corrected chi connectivity index (χ1v) is 7.14. The fourth-order valence-electron chi connectivity index (χ4n) is 2.26. The summed E-state index contributed by atoms with van der Waals surface area (Å²) in [4.78, 5) is 11.9. The summed E-state index contributed by atoms with van der Waals surface area (Å²) in [6.07, 6.45) is 6.72. The van der Waals surface area contributed by atoms with Gasteiger partial charge in [0.15, 0.2) is 0 Å². The van der Waals surface area contributed by atoms with E-state index in [1.807, 2.05) is 6.92 Å². The van der Waals surface area contributed by atoms with E-state index in [-0.39, 0.29) is 24.2 Å². The average molecular weight is 257 g/mol. The number of rotatable bonds is 8. The highest BCUT2D eigenvalue weighted by molar-refractivity contribution is 5.76.